The molecule has 2 aromatic rings. The van der Waals surface area contributed by atoms with E-state index in [0.29, 0.717) is 25.1 Å². The SMILES string of the molecule is CC(=O)NCCSCC(=O)[C@H](Cc1ccccc1)NC(=O)[C@H](CC(C)C)NC(=O)OCc1ccccc1. The van der Waals surface area contributed by atoms with Crippen LogP contribution < -0.4 is 16.0 Å². The summed E-state index contributed by atoms with van der Waals surface area (Å²) in [6.45, 7) is 5.91. The van der Waals surface area contributed by atoms with Gasteiger partial charge in [0.25, 0.3) is 0 Å². The van der Waals surface area contributed by atoms with Crippen molar-refractivity contribution in [3.8, 4) is 0 Å². The van der Waals surface area contributed by atoms with Gasteiger partial charge in [0.2, 0.25) is 11.8 Å². The summed E-state index contributed by atoms with van der Waals surface area (Å²) in [5.41, 5.74) is 1.76. The minimum absolute atomic E-state index is 0.0908. The molecule has 8 nitrogen and oxygen atoms in total. The molecule has 0 aliphatic rings. The predicted octanol–water partition coefficient (Wildman–Crippen LogP) is 3.49. The minimum Gasteiger partial charge on any atom is -0.445 e. The van der Waals surface area contributed by atoms with Crippen LogP contribution in [0.5, 0.6) is 0 Å². The number of hydrogen-bond donors (Lipinski definition) is 3. The van der Waals surface area contributed by atoms with Gasteiger partial charge in [-0.15, -0.1) is 0 Å². The Morgan fingerprint density at radius 3 is 2.08 bits per heavy atom. The fourth-order valence-electron chi connectivity index (χ4n) is 3.55. The van der Waals surface area contributed by atoms with Crippen molar-refractivity contribution in [2.45, 2.75) is 52.3 Å². The van der Waals surface area contributed by atoms with Crippen LogP contribution >= 0.6 is 11.8 Å². The summed E-state index contributed by atoms with van der Waals surface area (Å²) < 4.78 is 5.30. The number of carbonyl (C=O) groups excluding carboxylic acids is 4. The molecule has 0 aliphatic heterocycles. The summed E-state index contributed by atoms with van der Waals surface area (Å²) in [6.07, 6.45) is 0.0400. The molecule has 0 heterocycles. The topological polar surface area (TPSA) is 114 Å². The lowest BCUT2D eigenvalue weighted by atomic mass is 10.00. The summed E-state index contributed by atoms with van der Waals surface area (Å²) in [7, 11) is 0. The molecule has 3 N–H and O–H groups in total. The monoisotopic (exact) mass is 527 g/mol. The lowest BCUT2D eigenvalue weighted by Gasteiger charge is -2.24. The molecule has 2 rings (SSSR count). The lowest BCUT2D eigenvalue weighted by molar-refractivity contribution is -0.128. The number of alkyl carbamates (subject to hydrolysis) is 1. The highest BCUT2D eigenvalue weighted by Gasteiger charge is 2.28. The van der Waals surface area contributed by atoms with Gasteiger partial charge in [-0.05, 0) is 29.9 Å². The van der Waals surface area contributed by atoms with Crippen LogP contribution in [-0.4, -0.2) is 53.8 Å². The second-order valence-electron chi connectivity index (χ2n) is 9.14. The number of ether oxygens (including phenoxy) is 1. The molecule has 0 radical (unpaired) electrons. The fraction of sp³-hybridized carbons (Fsp3) is 0.429. The molecule has 0 bridgehead atoms. The minimum atomic E-state index is -0.846. The maximum Gasteiger partial charge on any atom is 0.408 e. The predicted molar refractivity (Wildman–Crippen MR) is 146 cm³/mol. The van der Waals surface area contributed by atoms with E-state index in [4.69, 9.17) is 4.74 Å². The summed E-state index contributed by atoms with van der Waals surface area (Å²) >= 11 is 1.40. The first-order chi connectivity index (χ1) is 17.7. The zero-order chi connectivity index (χ0) is 27.0. The molecule has 9 heteroatoms. The molecule has 37 heavy (non-hydrogen) atoms. The van der Waals surface area contributed by atoms with Crippen LogP contribution in [0.1, 0.15) is 38.3 Å². The van der Waals surface area contributed by atoms with E-state index in [1.807, 2.05) is 74.5 Å². The number of rotatable bonds is 15. The van der Waals surface area contributed by atoms with Gasteiger partial charge in [-0.1, -0.05) is 74.5 Å². The van der Waals surface area contributed by atoms with Crippen LogP contribution in [0.4, 0.5) is 4.79 Å². The van der Waals surface area contributed by atoms with E-state index in [1.54, 1.807) is 0 Å². The molecule has 200 valence electrons. The molecule has 0 fully saturated rings. The van der Waals surface area contributed by atoms with E-state index in [-0.39, 0.29) is 30.0 Å². The largest absolute Gasteiger partial charge is 0.445 e. The quantitative estimate of drug-likeness (QED) is 0.306. The number of amides is 3. The second-order valence-corrected chi connectivity index (χ2v) is 10.2. The molecule has 0 saturated heterocycles. The van der Waals surface area contributed by atoms with E-state index in [1.165, 1.54) is 18.7 Å². The smallest absolute Gasteiger partial charge is 0.408 e. The third-order valence-electron chi connectivity index (χ3n) is 5.38. The van der Waals surface area contributed by atoms with Crippen molar-refractivity contribution < 1.29 is 23.9 Å². The number of hydrogen-bond acceptors (Lipinski definition) is 6. The van der Waals surface area contributed by atoms with Gasteiger partial charge in [-0.3, -0.25) is 14.4 Å². The normalized spacial score (nSPS) is 12.3. The summed E-state index contributed by atoms with van der Waals surface area (Å²) in [6, 6.07) is 17.1. The molecular weight excluding hydrogens is 490 g/mol. The highest BCUT2D eigenvalue weighted by atomic mass is 32.2. The average Bonchev–Trinajstić information content (AvgIpc) is 2.87. The number of benzene rings is 2. The van der Waals surface area contributed by atoms with Crippen molar-refractivity contribution in [3.05, 3.63) is 71.8 Å². The first-order valence-corrected chi connectivity index (χ1v) is 13.6. The highest BCUT2D eigenvalue weighted by molar-refractivity contribution is 7.99. The molecule has 0 saturated carbocycles. The summed E-state index contributed by atoms with van der Waals surface area (Å²) in [5.74, 6) is 0.230. The number of carbonyl (C=O) groups is 4. The van der Waals surface area contributed by atoms with Crippen LogP contribution in [0, 0.1) is 5.92 Å². The Hall–Kier alpha value is -3.33. The van der Waals surface area contributed by atoms with Crippen molar-refractivity contribution >= 4 is 35.5 Å². The second kappa shape index (κ2) is 16.4. The Bertz CT molecular complexity index is 1000. The van der Waals surface area contributed by atoms with E-state index in [2.05, 4.69) is 16.0 Å². The molecule has 3 amide bonds. The van der Waals surface area contributed by atoms with Crippen molar-refractivity contribution in [3.63, 3.8) is 0 Å². The van der Waals surface area contributed by atoms with Crippen LogP contribution in [0.15, 0.2) is 60.7 Å². The first-order valence-electron chi connectivity index (χ1n) is 12.4. The molecular formula is C28H37N3O5S. The Labute approximate surface area is 223 Å². The van der Waals surface area contributed by atoms with Gasteiger partial charge in [0.1, 0.15) is 12.6 Å². The molecule has 0 spiro atoms. The Morgan fingerprint density at radius 1 is 0.865 bits per heavy atom. The third kappa shape index (κ3) is 12.5. The Kier molecular flexibility index (Phi) is 13.3. The Balaban J connectivity index is 2.02. The molecule has 2 atom stereocenters. The van der Waals surface area contributed by atoms with E-state index < -0.39 is 24.1 Å². The number of Topliss-reactive ketones (excluding diaryl/α,β-unsaturated/α-hetero) is 1. The zero-order valence-electron chi connectivity index (χ0n) is 21.7. The zero-order valence-corrected chi connectivity index (χ0v) is 22.5. The van der Waals surface area contributed by atoms with Crippen LogP contribution in [0.2, 0.25) is 0 Å². The number of nitrogens with one attached hydrogen (secondary N) is 3. The van der Waals surface area contributed by atoms with Crippen molar-refractivity contribution in [2.75, 3.05) is 18.1 Å². The third-order valence-corrected chi connectivity index (χ3v) is 6.36. The molecule has 2 aromatic carbocycles. The standard InChI is InChI=1S/C28H37N3O5S/c1-20(2)16-25(31-28(35)36-18-23-12-8-5-9-13-23)27(34)30-24(17-22-10-6-4-7-11-22)26(33)19-37-15-14-29-21(3)32/h4-13,20,24-25H,14-19H2,1-3H3,(H,29,32)(H,30,34)(H,31,35)/t24-,25-/m0/s1. The number of thioether (sulfide) groups is 1. The van der Waals surface area contributed by atoms with Crippen molar-refractivity contribution in [1.82, 2.24) is 16.0 Å². The summed E-state index contributed by atoms with van der Waals surface area (Å²) in [5, 5.41) is 8.23. The van der Waals surface area contributed by atoms with Crippen LogP contribution in [0.3, 0.4) is 0 Å². The van der Waals surface area contributed by atoms with Gasteiger partial charge in [-0.2, -0.15) is 11.8 Å². The Morgan fingerprint density at radius 2 is 1.49 bits per heavy atom. The fourth-order valence-corrected chi connectivity index (χ4v) is 4.34. The van der Waals surface area contributed by atoms with Gasteiger partial charge in [0.05, 0.1) is 11.8 Å². The van der Waals surface area contributed by atoms with Gasteiger partial charge in [-0.25, -0.2) is 4.79 Å². The van der Waals surface area contributed by atoms with Crippen LogP contribution in [0.25, 0.3) is 0 Å². The van der Waals surface area contributed by atoms with Gasteiger partial charge >= 0.3 is 6.09 Å². The molecule has 0 unspecified atom stereocenters. The van der Waals surface area contributed by atoms with Gasteiger partial charge in [0, 0.05) is 19.2 Å². The average molecular weight is 528 g/mol. The summed E-state index contributed by atoms with van der Waals surface area (Å²) in [4.78, 5) is 49.8. The van der Waals surface area contributed by atoms with Crippen LogP contribution in [-0.2, 0) is 32.1 Å². The van der Waals surface area contributed by atoms with Gasteiger partial charge in [0.15, 0.2) is 5.78 Å². The van der Waals surface area contributed by atoms with E-state index in [9.17, 15) is 19.2 Å². The first kappa shape index (κ1) is 29.9. The van der Waals surface area contributed by atoms with E-state index in [0.717, 1.165) is 11.1 Å². The molecule has 0 aromatic heterocycles. The maximum atomic E-state index is 13.3. The lowest BCUT2D eigenvalue weighted by Crippen LogP contribution is -2.53. The van der Waals surface area contributed by atoms with E-state index >= 15 is 0 Å². The number of ketones is 1. The maximum absolute atomic E-state index is 13.3. The highest BCUT2D eigenvalue weighted by Crippen LogP contribution is 2.11. The van der Waals surface area contributed by atoms with Crippen molar-refractivity contribution in [1.29, 1.82) is 0 Å². The van der Waals surface area contributed by atoms with Gasteiger partial charge < -0.3 is 20.7 Å². The van der Waals surface area contributed by atoms with Crippen molar-refractivity contribution in [2.24, 2.45) is 5.92 Å². The molecule has 0 aliphatic carbocycles.